The fourth-order valence-corrected chi connectivity index (χ4v) is 2.55. The highest BCUT2D eigenvalue weighted by molar-refractivity contribution is 5.85. The van der Waals surface area contributed by atoms with Gasteiger partial charge >= 0.3 is 0 Å². The molecule has 0 amide bonds. The van der Waals surface area contributed by atoms with E-state index in [0.29, 0.717) is 11.5 Å². The third-order valence-corrected chi connectivity index (χ3v) is 3.83. The van der Waals surface area contributed by atoms with E-state index in [1.165, 1.54) is 0 Å². The van der Waals surface area contributed by atoms with Gasteiger partial charge in [-0.05, 0) is 29.3 Å². The summed E-state index contributed by atoms with van der Waals surface area (Å²) in [5.41, 5.74) is 10.1. The summed E-state index contributed by atoms with van der Waals surface area (Å²) in [6, 6.07) is 10.1. The quantitative estimate of drug-likeness (QED) is 0.780. The lowest BCUT2D eigenvalue weighted by Crippen LogP contribution is -1.99. The maximum absolute atomic E-state index is 9.40. The molecule has 2 N–H and O–H groups in total. The van der Waals surface area contributed by atoms with Crippen molar-refractivity contribution in [3.05, 3.63) is 53.3 Å². The largest absolute Gasteiger partial charge is 0.369 e. The van der Waals surface area contributed by atoms with E-state index in [-0.39, 0.29) is 5.92 Å². The number of aromatic nitrogens is 3. The smallest absolute Gasteiger partial charge is 0.200 e. The van der Waals surface area contributed by atoms with Crippen molar-refractivity contribution in [2.45, 2.75) is 12.8 Å². The first kappa shape index (κ1) is 13.1. The molecule has 0 aliphatic rings. The van der Waals surface area contributed by atoms with Gasteiger partial charge in [0.15, 0.2) is 0 Å². The number of imidazole rings is 1. The Labute approximate surface area is 122 Å². The van der Waals surface area contributed by atoms with E-state index in [1.807, 2.05) is 37.5 Å². The lowest BCUT2D eigenvalue weighted by Gasteiger charge is -2.12. The Morgan fingerprint density at radius 3 is 2.81 bits per heavy atom. The molecule has 1 unspecified atom stereocenters. The van der Waals surface area contributed by atoms with E-state index in [0.717, 1.165) is 22.2 Å². The van der Waals surface area contributed by atoms with Gasteiger partial charge in [-0.3, -0.25) is 4.98 Å². The summed E-state index contributed by atoms with van der Waals surface area (Å²) in [7, 11) is 1.82. The molecule has 0 radical (unpaired) electrons. The second kappa shape index (κ2) is 4.91. The topological polar surface area (TPSA) is 80.5 Å². The minimum Gasteiger partial charge on any atom is -0.369 e. The van der Waals surface area contributed by atoms with Crippen LogP contribution in [0.1, 0.15) is 29.5 Å². The number of hydrogen-bond donors (Lipinski definition) is 1. The van der Waals surface area contributed by atoms with E-state index in [2.05, 4.69) is 23.0 Å². The maximum Gasteiger partial charge on any atom is 0.200 e. The van der Waals surface area contributed by atoms with Crippen molar-refractivity contribution < 1.29 is 0 Å². The highest BCUT2D eigenvalue weighted by Gasteiger charge is 2.15. The van der Waals surface area contributed by atoms with Crippen LogP contribution in [-0.4, -0.2) is 14.5 Å². The Bertz CT molecular complexity index is 842. The number of nitrogens with two attached hydrogens (primary N) is 1. The van der Waals surface area contributed by atoms with E-state index < -0.39 is 0 Å². The molecule has 0 aliphatic carbocycles. The lowest BCUT2D eigenvalue weighted by atomic mass is 9.92. The van der Waals surface area contributed by atoms with Crippen LogP contribution in [0.4, 0.5) is 5.95 Å². The van der Waals surface area contributed by atoms with E-state index in [4.69, 9.17) is 5.73 Å². The van der Waals surface area contributed by atoms with Crippen molar-refractivity contribution in [1.29, 1.82) is 5.26 Å². The molecule has 2 heterocycles. The van der Waals surface area contributed by atoms with Gasteiger partial charge in [-0.1, -0.05) is 13.0 Å². The maximum atomic E-state index is 9.40. The van der Waals surface area contributed by atoms with Crippen molar-refractivity contribution in [1.82, 2.24) is 14.5 Å². The molecular weight excluding hydrogens is 262 g/mol. The van der Waals surface area contributed by atoms with Crippen LogP contribution in [0.15, 0.2) is 36.7 Å². The standard InChI is InChI=1S/C16H15N5/c1-10(11-4-3-5-19-9-11)12-6-13(8-17)15-14(7-12)20-16(18)21(15)2/h3-7,9-10H,1-2H3,(H2,18,20). The number of nitriles is 1. The highest BCUT2D eigenvalue weighted by atomic mass is 15.1. The SMILES string of the molecule is CC(c1cccnc1)c1cc(C#N)c2c(c1)nc(N)n2C. The van der Waals surface area contributed by atoms with Gasteiger partial charge in [0.1, 0.15) is 6.07 Å². The van der Waals surface area contributed by atoms with E-state index >= 15 is 0 Å². The summed E-state index contributed by atoms with van der Waals surface area (Å²) in [5.74, 6) is 0.547. The molecule has 2 aromatic heterocycles. The van der Waals surface area contributed by atoms with Crippen LogP contribution >= 0.6 is 0 Å². The molecular formula is C16H15N5. The van der Waals surface area contributed by atoms with Crippen LogP contribution in [0.5, 0.6) is 0 Å². The molecule has 0 spiro atoms. The molecule has 0 aliphatic heterocycles. The van der Waals surface area contributed by atoms with Gasteiger partial charge in [0.25, 0.3) is 0 Å². The number of pyridine rings is 1. The fourth-order valence-electron chi connectivity index (χ4n) is 2.55. The van der Waals surface area contributed by atoms with Gasteiger partial charge in [0, 0.05) is 25.4 Å². The molecule has 21 heavy (non-hydrogen) atoms. The summed E-state index contributed by atoms with van der Waals surface area (Å²) in [4.78, 5) is 8.48. The number of fused-ring (bicyclic) bond motifs is 1. The van der Waals surface area contributed by atoms with Crippen molar-refractivity contribution >= 4 is 17.0 Å². The van der Waals surface area contributed by atoms with Gasteiger partial charge < -0.3 is 10.3 Å². The molecule has 1 aromatic carbocycles. The van der Waals surface area contributed by atoms with Gasteiger partial charge in [-0.25, -0.2) is 4.98 Å². The molecule has 0 bridgehead atoms. The minimum absolute atomic E-state index is 0.137. The number of hydrogen-bond acceptors (Lipinski definition) is 4. The number of rotatable bonds is 2. The van der Waals surface area contributed by atoms with Gasteiger partial charge in [-0.15, -0.1) is 0 Å². The lowest BCUT2D eigenvalue weighted by molar-refractivity contribution is 0.911. The third-order valence-electron chi connectivity index (χ3n) is 3.83. The first-order valence-electron chi connectivity index (χ1n) is 6.67. The Balaban J connectivity index is 2.19. The molecule has 5 heteroatoms. The summed E-state index contributed by atoms with van der Waals surface area (Å²) < 4.78 is 1.74. The predicted octanol–water partition coefficient (Wildman–Crippen LogP) is 2.57. The van der Waals surface area contributed by atoms with Crippen molar-refractivity contribution in [3.63, 3.8) is 0 Å². The predicted molar refractivity (Wildman–Crippen MR) is 81.6 cm³/mol. The highest BCUT2D eigenvalue weighted by Crippen LogP contribution is 2.29. The summed E-state index contributed by atoms with van der Waals surface area (Å²) in [5, 5.41) is 9.40. The zero-order valence-corrected chi connectivity index (χ0v) is 11.9. The molecule has 0 saturated carbocycles. The zero-order chi connectivity index (χ0) is 15.0. The number of benzene rings is 1. The Kier molecular flexibility index (Phi) is 3.07. The van der Waals surface area contributed by atoms with Gasteiger partial charge in [-0.2, -0.15) is 5.26 Å². The molecule has 3 rings (SSSR count). The van der Waals surface area contributed by atoms with Crippen molar-refractivity contribution in [2.24, 2.45) is 7.05 Å². The van der Waals surface area contributed by atoms with Gasteiger partial charge in [0.05, 0.1) is 16.6 Å². The Morgan fingerprint density at radius 2 is 2.14 bits per heavy atom. The van der Waals surface area contributed by atoms with Crippen LogP contribution in [0.25, 0.3) is 11.0 Å². The average Bonchev–Trinajstić information content (AvgIpc) is 2.81. The zero-order valence-electron chi connectivity index (χ0n) is 11.9. The molecule has 5 nitrogen and oxygen atoms in total. The number of aryl methyl sites for hydroxylation is 1. The second-order valence-electron chi connectivity index (χ2n) is 5.09. The van der Waals surface area contributed by atoms with Crippen LogP contribution in [0, 0.1) is 11.3 Å². The normalized spacial score (nSPS) is 12.2. The number of nitrogen functional groups attached to an aromatic ring is 1. The van der Waals surface area contributed by atoms with Crippen molar-refractivity contribution in [3.8, 4) is 6.07 Å². The molecule has 1 atom stereocenters. The monoisotopic (exact) mass is 277 g/mol. The fraction of sp³-hybridized carbons (Fsp3) is 0.188. The average molecular weight is 277 g/mol. The number of anilines is 1. The molecule has 104 valence electrons. The van der Waals surface area contributed by atoms with Crippen LogP contribution in [0.2, 0.25) is 0 Å². The van der Waals surface area contributed by atoms with E-state index in [9.17, 15) is 5.26 Å². The van der Waals surface area contributed by atoms with Crippen LogP contribution in [0.3, 0.4) is 0 Å². The van der Waals surface area contributed by atoms with Gasteiger partial charge in [0.2, 0.25) is 5.95 Å². The van der Waals surface area contributed by atoms with Crippen molar-refractivity contribution in [2.75, 3.05) is 5.73 Å². The Morgan fingerprint density at radius 1 is 1.33 bits per heavy atom. The molecule has 0 saturated heterocycles. The van der Waals surface area contributed by atoms with E-state index in [1.54, 1.807) is 10.8 Å². The first-order valence-corrected chi connectivity index (χ1v) is 6.67. The summed E-state index contributed by atoms with van der Waals surface area (Å²) >= 11 is 0. The third kappa shape index (κ3) is 2.11. The molecule has 0 fully saturated rings. The minimum atomic E-state index is 0.137. The summed E-state index contributed by atoms with van der Waals surface area (Å²) in [6.45, 7) is 2.09. The van der Waals surface area contributed by atoms with Crippen LogP contribution in [-0.2, 0) is 7.05 Å². The molecule has 3 aromatic rings. The number of nitrogens with zero attached hydrogens (tertiary/aromatic N) is 4. The first-order chi connectivity index (χ1) is 10.1. The second-order valence-corrected chi connectivity index (χ2v) is 5.09. The summed E-state index contributed by atoms with van der Waals surface area (Å²) in [6.07, 6.45) is 3.59. The van der Waals surface area contributed by atoms with Crippen LogP contribution < -0.4 is 5.73 Å². The Hall–Kier alpha value is -2.87.